The summed E-state index contributed by atoms with van der Waals surface area (Å²) >= 11 is 0. The van der Waals surface area contributed by atoms with E-state index >= 15 is 0 Å². The third-order valence-electron chi connectivity index (χ3n) is 3.41. The maximum Gasteiger partial charge on any atom is 0.310 e. The van der Waals surface area contributed by atoms with E-state index in [4.69, 9.17) is 9.63 Å². The summed E-state index contributed by atoms with van der Waals surface area (Å²) in [5, 5.41) is 12.9. The molecule has 1 fully saturated rings. The van der Waals surface area contributed by atoms with Crippen molar-refractivity contribution in [2.75, 3.05) is 0 Å². The number of aliphatic carboxylic acids is 1. The molecule has 19 heavy (non-hydrogen) atoms. The van der Waals surface area contributed by atoms with Crippen LogP contribution in [0.15, 0.2) is 28.8 Å². The summed E-state index contributed by atoms with van der Waals surface area (Å²) < 4.78 is 5.20. The highest BCUT2D eigenvalue weighted by molar-refractivity contribution is 5.75. The Bertz CT molecular complexity index is 599. The lowest BCUT2D eigenvalue weighted by Crippen LogP contribution is -2.06. The van der Waals surface area contributed by atoms with Crippen LogP contribution in [0.2, 0.25) is 0 Å². The third-order valence-corrected chi connectivity index (χ3v) is 3.41. The van der Waals surface area contributed by atoms with Crippen molar-refractivity contribution >= 4 is 5.97 Å². The van der Waals surface area contributed by atoms with Gasteiger partial charge in [0.25, 0.3) is 0 Å². The van der Waals surface area contributed by atoms with Gasteiger partial charge in [0.15, 0.2) is 0 Å². The minimum Gasteiger partial charge on any atom is -0.481 e. The smallest absolute Gasteiger partial charge is 0.310 e. The molecule has 0 amide bonds. The number of carboxylic acid groups (broad SMARTS) is 1. The van der Waals surface area contributed by atoms with Gasteiger partial charge in [0, 0.05) is 11.5 Å². The average Bonchev–Trinajstić information content (AvgIpc) is 3.16. The van der Waals surface area contributed by atoms with E-state index in [2.05, 4.69) is 10.1 Å². The van der Waals surface area contributed by atoms with E-state index in [1.54, 1.807) is 19.1 Å². The number of carboxylic acids is 1. The highest BCUT2D eigenvalue weighted by Crippen LogP contribution is 2.39. The van der Waals surface area contributed by atoms with E-state index in [-0.39, 0.29) is 0 Å². The molecule has 0 bridgehead atoms. The summed E-state index contributed by atoms with van der Waals surface area (Å²) in [4.78, 5) is 15.3. The Morgan fingerprint density at radius 3 is 2.63 bits per heavy atom. The Kier molecular flexibility index (Phi) is 2.81. The molecule has 1 heterocycles. The van der Waals surface area contributed by atoms with Crippen molar-refractivity contribution in [1.29, 1.82) is 0 Å². The van der Waals surface area contributed by atoms with Crippen LogP contribution in [0.1, 0.15) is 43.1 Å². The first-order valence-corrected chi connectivity index (χ1v) is 6.32. The molecule has 0 spiro atoms. The van der Waals surface area contributed by atoms with Gasteiger partial charge in [-0.15, -0.1) is 0 Å². The van der Waals surface area contributed by atoms with Crippen molar-refractivity contribution < 1.29 is 14.4 Å². The largest absolute Gasteiger partial charge is 0.481 e. The molecule has 0 aliphatic heterocycles. The molecule has 3 rings (SSSR count). The second kappa shape index (κ2) is 4.50. The maximum atomic E-state index is 10.9. The Balaban J connectivity index is 1.82. The number of hydrogen-bond donors (Lipinski definition) is 1. The summed E-state index contributed by atoms with van der Waals surface area (Å²) in [5.74, 6) is 0.367. The second-order valence-electron chi connectivity index (χ2n) is 4.91. The third kappa shape index (κ3) is 2.36. The fourth-order valence-electron chi connectivity index (χ4n) is 1.91. The van der Waals surface area contributed by atoms with Crippen molar-refractivity contribution in [2.45, 2.75) is 31.6 Å². The van der Waals surface area contributed by atoms with Gasteiger partial charge in [0.1, 0.15) is 0 Å². The summed E-state index contributed by atoms with van der Waals surface area (Å²) in [5.41, 5.74) is 1.61. The molecule has 1 N–H and O–H groups in total. The van der Waals surface area contributed by atoms with Gasteiger partial charge in [-0.05, 0) is 25.3 Å². The van der Waals surface area contributed by atoms with Gasteiger partial charge in [-0.25, -0.2) is 0 Å². The Morgan fingerprint density at radius 2 is 2.05 bits per heavy atom. The molecule has 1 unspecified atom stereocenters. The molecule has 1 aromatic carbocycles. The zero-order valence-electron chi connectivity index (χ0n) is 10.5. The van der Waals surface area contributed by atoms with Crippen LogP contribution in [0.25, 0.3) is 11.4 Å². The molecule has 1 aliphatic rings. The van der Waals surface area contributed by atoms with Crippen LogP contribution in [0.3, 0.4) is 0 Å². The monoisotopic (exact) mass is 258 g/mol. The normalized spacial score (nSPS) is 16.3. The number of rotatable bonds is 4. The van der Waals surface area contributed by atoms with E-state index in [0.29, 0.717) is 17.6 Å². The van der Waals surface area contributed by atoms with E-state index in [1.807, 2.05) is 12.1 Å². The van der Waals surface area contributed by atoms with Crippen molar-refractivity contribution in [1.82, 2.24) is 10.1 Å². The van der Waals surface area contributed by atoms with Crippen molar-refractivity contribution in [3.63, 3.8) is 0 Å². The highest BCUT2D eigenvalue weighted by Gasteiger charge is 2.29. The lowest BCUT2D eigenvalue weighted by atomic mass is 10.00. The number of benzene rings is 1. The van der Waals surface area contributed by atoms with E-state index in [0.717, 1.165) is 24.0 Å². The summed E-state index contributed by atoms with van der Waals surface area (Å²) in [6.45, 7) is 1.66. The van der Waals surface area contributed by atoms with E-state index in [9.17, 15) is 4.79 Å². The minimum absolute atomic E-state index is 0.438. The van der Waals surface area contributed by atoms with Crippen LogP contribution in [-0.4, -0.2) is 21.2 Å². The van der Waals surface area contributed by atoms with Crippen LogP contribution in [0.4, 0.5) is 0 Å². The van der Waals surface area contributed by atoms with Gasteiger partial charge in [0.05, 0.1) is 5.92 Å². The molecule has 0 saturated heterocycles. The molecule has 1 aliphatic carbocycles. The van der Waals surface area contributed by atoms with Gasteiger partial charge in [-0.1, -0.05) is 29.4 Å². The molecular formula is C14H14N2O3. The predicted octanol–water partition coefficient (Wildman–Crippen LogP) is 2.80. The number of carbonyl (C=O) groups is 1. The van der Waals surface area contributed by atoms with Crippen LogP contribution in [0, 0.1) is 0 Å². The standard InChI is InChI=1S/C14H14N2O3/c1-8(14(17)18)9-2-4-10(5-3-9)12-15-13(19-16-12)11-6-7-11/h2-5,8,11H,6-7H2,1H3,(H,17,18). The van der Waals surface area contributed by atoms with Crippen LogP contribution >= 0.6 is 0 Å². The predicted molar refractivity (Wildman–Crippen MR) is 67.8 cm³/mol. The van der Waals surface area contributed by atoms with Crippen LogP contribution < -0.4 is 0 Å². The Hall–Kier alpha value is -2.17. The van der Waals surface area contributed by atoms with Crippen LogP contribution in [0.5, 0.6) is 0 Å². The lowest BCUT2D eigenvalue weighted by molar-refractivity contribution is -0.138. The fraction of sp³-hybridized carbons (Fsp3) is 0.357. The van der Waals surface area contributed by atoms with Gasteiger partial charge >= 0.3 is 5.97 Å². The Morgan fingerprint density at radius 1 is 1.37 bits per heavy atom. The molecule has 1 saturated carbocycles. The summed E-state index contributed by atoms with van der Waals surface area (Å²) in [7, 11) is 0. The molecule has 5 nitrogen and oxygen atoms in total. The minimum atomic E-state index is -0.830. The number of aromatic nitrogens is 2. The maximum absolute atomic E-state index is 10.9. The number of hydrogen-bond acceptors (Lipinski definition) is 4. The van der Waals surface area contributed by atoms with Gasteiger partial charge in [-0.3, -0.25) is 4.79 Å². The van der Waals surface area contributed by atoms with Gasteiger partial charge < -0.3 is 9.63 Å². The first kappa shape index (κ1) is 11.9. The van der Waals surface area contributed by atoms with Crippen molar-refractivity contribution in [3.8, 4) is 11.4 Å². The van der Waals surface area contributed by atoms with Gasteiger partial charge in [0.2, 0.25) is 11.7 Å². The molecule has 1 aromatic heterocycles. The summed E-state index contributed by atoms with van der Waals surface area (Å²) in [6.07, 6.45) is 2.24. The van der Waals surface area contributed by atoms with Crippen molar-refractivity contribution in [2.24, 2.45) is 0 Å². The molecule has 0 radical (unpaired) electrons. The zero-order chi connectivity index (χ0) is 13.4. The van der Waals surface area contributed by atoms with Crippen LogP contribution in [-0.2, 0) is 4.79 Å². The van der Waals surface area contributed by atoms with Gasteiger partial charge in [-0.2, -0.15) is 4.98 Å². The molecule has 98 valence electrons. The quantitative estimate of drug-likeness (QED) is 0.912. The second-order valence-corrected chi connectivity index (χ2v) is 4.91. The number of nitrogens with zero attached hydrogens (tertiary/aromatic N) is 2. The highest BCUT2D eigenvalue weighted by atomic mass is 16.5. The first-order chi connectivity index (χ1) is 9.15. The van der Waals surface area contributed by atoms with E-state index in [1.165, 1.54) is 0 Å². The first-order valence-electron chi connectivity index (χ1n) is 6.32. The SMILES string of the molecule is CC(C(=O)O)c1ccc(-c2noc(C3CC3)n2)cc1. The average molecular weight is 258 g/mol. The molecule has 2 aromatic rings. The zero-order valence-corrected chi connectivity index (χ0v) is 10.5. The van der Waals surface area contributed by atoms with Crippen molar-refractivity contribution in [3.05, 3.63) is 35.7 Å². The molecular weight excluding hydrogens is 244 g/mol. The molecule has 1 atom stereocenters. The lowest BCUT2D eigenvalue weighted by Gasteiger charge is -2.06. The fourth-order valence-corrected chi connectivity index (χ4v) is 1.91. The summed E-state index contributed by atoms with van der Waals surface area (Å²) in [6, 6.07) is 7.25. The topological polar surface area (TPSA) is 76.2 Å². The molecule has 5 heteroatoms. The Labute approximate surface area is 110 Å². The van der Waals surface area contributed by atoms with E-state index < -0.39 is 11.9 Å².